The lowest BCUT2D eigenvalue weighted by Gasteiger charge is -2.35. The quantitative estimate of drug-likeness (QED) is 0.651. The summed E-state index contributed by atoms with van der Waals surface area (Å²) in [6, 6.07) is 8.30. The van der Waals surface area contributed by atoms with Gasteiger partial charge in [0.15, 0.2) is 0 Å². The van der Waals surface area contributed by atoms with Crippen molar-refractivity contribution in [2.24, 2.45) is 22.6 Å². The Labute approximate surface area is 155 Å². The molecule has 0 amide bonds. The number of amidine groups is 1. The van der Waals surface area contributed by atoms with Crippen LogP contribution in [0.4, 0.5) is 5.82 Å². The summed E-state index contributed by atoms with van der Waals surface area (Å²) in [5.41, 5.74) is 9.19. The molecule has 26 heavy (non-hydrogen) atoms. The van der Waals surface area contributed by atoms with Crippen LogP contribution in [0.1, 0.15) is 44.7 Å². The maximum absolute atomic E-state index is 9.64. The Bertz CT molecular complexity index is 805. The maximum atomic E-state index is 9.64. The number of aliphatic imine (C=N–C) groups is 1. The number of aliphatic hydroxyl groups excluding tert-OH is 1. The number of piperidine rings is 1. The third-order valence-corrected chi connectivity index (χ3v) is 5.33. The number of rotatable bonds is 4. The van der Waals surface area contributed by atoms with Crippen molar-refractivity contribution in [2.45, 2.75) is 46.8 Å². The number of benzene rings is 1. The molecule has 1 aromatic heterocycles. The summed E-state index contributed by atoms with van der Waals surface area (Å²) in [6.07, 6.45) is 1.50. The van der Waals surface area contributed by atoms with Crippen LogP contribution in [0.25, 0.3) is 10.9 Å². The zero-order chi connectivity index (χ0) is 18.8. The van der Waals surface area contributed by atoms with Crippen LogP contribution in [0.5, 0.6) is 0 Å². The van der Waals surface area contributed by atoms with E-state index in [1.165, 1.54) is 5.56 Å². The van der Waals surface area contributed by atoms with Crippen LogP contribution in [0.15, 0.2) is 29.3 Å². The Morgan fingerprint density at radius 3 is 2.54 bits per heavy atom. The van der Waals surface area contributed by atoms with E-state index < -0.39 is 6.23 Å². The molecule has 0 saturated carbocycles. The first-order chi connectivity index (χ1) is 12.3. The highest BCUT2D eigenvalue weighted by Crippen LogP contribution is 2.30. The number of hydrogen-bond donors (Lipinski definition) is 2. The van der Waals surface area contributed by atoms with E-state index in [1.54, 1.807) is 6.92 Å². The number of aryl methyl sites for hydroxylation is 1. The molecule has 1 atom stereocenters. The summed E-state index contributed by atoms with van der Waals surface area (Å²) < 4.78 is 0. The van der Waals surface area contributed by atoms with Gasteiger partial charge in [0.1, 0.15) is 17.9 Å². The van der Waals surface area contributed by atoms with Gasteiger partial charge in [0.25, 0.3) is 0 Å². The predicted octanol–water partition coefficient (Wildman–Crippen LogP) is 3.46. The third kappa shape index (κ3) is 3.98. The van der Waals surface area contributed by atoms with Gasteiger partial charge < -0.3 is 15.7 Å². The van der Waals surface area contributed by atoms with Crippen LogP contribution in [0, 0.1) is 18.8 Å². The summed E-state index contributed by atoms with van der Waals surface area (Å²) in [7, 11) is 0. The molecule has 1 saturated heterocycles. The Kier molecular flexibility index (Phi) is 5.47. The van der Waals surface area contributed by atoms with Gasteiger partial charge in [-0.05, 0) is 56.7 Å². The Hall–Kier alpha value is -2.14. The fourth-order valence-corrected chi connectivity index (χ4v) is 3.76. The Morgan fingerprint density at radius 2 is 1.92 bits per heavy atom. The van der Waals surface area contributed by atoms with Crippen molar-refractivity contribution in [2.75, 3.05) is 18.0 Å². The van der Waals surface area contributed by atoms with Crippen molar-refractivity contribution in [1.82, 2.24) is 4.98 Å². The highest BCUT2D eigenvalue weighted by atomic mass is 16.3. The molecule has 5 nitrogen and oxygen atoms in total. The predicted molar refractivity (Wildman–Crippen MR) is 109 cm³/mol. The minimum absolute atomic E-state index is 0.344. The number of fused-ring (bicyclic) bond motifs is 1. The molecule has 3 rings (SSSR count). The second kappa shape index (κ2) is 7.62. The highest BCUT2D eigenvalue weighted by molar-refractivity contribution is 6.04. The number of pyridine rings is 1. The van der Waals surface area contributed by atoms with E-state index in [2.05, 4.69) is 54.9 Å². The first-order valence-corrected chi connectivity index (χ1v) is 9.53. The second-order valence-corrected chi connectivity index (χ2v) is 7.77. The van der Waals surface area contributed by atoms with Crippen molar-refractivity contribution in [1.29, 1.82) is 0 Å². The molecule has 5 heteroatoms. The third-order valence-electron chi connectivity index (χ3n) is 5.33. The average Bonchev–Trinajstić information content (AvgIpc) is 2.60. The van der Waals surface area contributed by atoms with Crippen LogP contribution >= 0.6 is 0 Å². The topological polar surface area (TPSA) is 74.7 Å². The Morgan fingerprint density at radius 1 is 1.23 bits per heavy atom. The lowest BCUT2D eigenvalue weighted by atomic mass is 9.86. The number of aliphatic hydroxyl groups is 1. The van der Waals surface area contributed by atoms with Gasteiger partial charge in [0, 0.05) is 18.5 Å². The Balaban J connectivity index is 2.03. The van der Waals surface area contributed by atoms with E-state index >= 15 is 0 Å². The van der Waals surface area contributed by atoms with Crippen molar-refractivity contribution >= 4 is 22.6 Å². The van der Waals surface area contributed by atoms with E-state index in [9.17, 15) is 5.11 Å². The van der Waals surface area contributed by atoms with E-state index in [1.807, 2.05) is 0 Å². The summed E-state index contributed by atoms with van der Waals surface area (Å²) in [5.74, 6) is 2.70. The van der Waals surface area contributed by atoms with Crippen molar-refractivity contribution in [3.63, 3.8) is 0 Å². The number of hydrogen-bond acceptors (Lipinski definition) is 4. The zero-order valence-electron chi connectivity index (χ0n) is 16.2. The second-order valence-electron chi connectivity index (χ2n) is 7.77. The van der Waals surface area contributed by atoms with Crippen LogP contribution in [0.3, 0.4) is 0 Å². The summed E-state index contributed by atoms with van der Waals surface area (Å²) in [6.45, 7) is 10.2. The van der Waals surface area contributed by atoms with E-state index in [-0.39, 0.29) is 0 Å². The molecule has 1 fully saturated rings. The van der Waals surface area contributed by atoms with Crippen molar-refractivity contribution < 1.29 is 5.11 Å². The van der Waals surface area contributed by atoms with Gasteiger partial charge in [0.2, 0.25) is 0 Å². The molecule has 2 aromatic rings. The molecule has 3 N–H and O–H groups in total. The molecule has 0 aliphatic carbocycles. The summed E-state index contributed by atoms with van der Waals surface area (Å²) in [5, 5.41) is 10.7. The van der Waals surface area contributed by atoms with Gasteiger partial charge in [-0.25, -0.2) is 9.98 Å². The fraction of sp³-hybridized carbons (Fsp3) is 0.524. The number of aromatic nitrogens is 1. The van der Waals surface area contributed by atoms with Crippen LogP contribution in [0.2, 0.25) is 0 Å². The van der Waals surface area contributed by atoms with Gasteiger partial charge in [-0.2, -0.15) is 0 Å². The first-order valence-electron chi connectivity index (χ1n) is 9.53. The fourth-order valence-electron chi connectivity index (χ4n) is 3.76. The number of nitrogens with two attached hydrogens (primary N) is 1. The SMILES string of the molecule is Cc1ccc2nc(N3CCC(C(C)C)CC3)c(C(N)=NC(C)O)cc2c1. The van der Waals surface area contributed by atoms with Gasteiger partial charge in [-0.3, -0.25) is 0 Å². The van der Waals surface area contributed by atoms with Gasteiger partial charge in [-0.1, -0.05) is 25.5 Å². The maximum Gasteiger partial charge on any atom is 0.144 e. The molecular weight excluding hydrogens is 324 g/mol. The lowest BCUT2D eigenvalue weighted by molar-refractivity contribution is 0.205. The molecule has 2 heterocycles. The molecule has 0 bridgehead atoms. The molecule has 1 unspecified atom stereocenters. The number of nitrogens with zero attached hydrogens (tertiary/aromatic N) is 3. The van der Waals surface area contributed by atoms with Crippen molar-refractivity contribution in [3.8, 4) is 0 Å². The van der Waals surface area contributed by atoms with Gasteiger partial charge >= 0.3 is 0 Å². The van der Waals surface area contributed by atoms with Crippen molar-refractivity contribution in [3.05, 3.63) is 35.4 Å². The molecular formula is C21H30N4O. The standard InChI is InChI=1S/C21H30N4O/c1-13(2)16-7-9-25(10-8-16)21-18(20(22)23-15(4)26)12-17-11-14(3)5-6-19(17)24-21/h5-6,11-13,15-16,26H,7-10H2,1-4H3,(H2,22,23). The van der Waals surface area contributed by atoms with Crippen LogP contribution in [-0.4, -0.2) is 35.2 Å². The monoisotopic (exact) mass is 354 g/mol. The first kappa shape index (κ1) is 18.6. The molecule has 1 aliphatic heterocycles. The smallest absolute Gasteiger partial charge is 0.144 e. The molecule has 0 spiro atoms. The van der Waals surface area contributed by atoms with E-state index in [0.717, 1.165) is 54.1 Å². The van der Waals surface area contributed by atoms with E-state index in [0.29, 0.717) is 11.8 Å². The minimum atomic E-state index is -0.831. The molecule has 1 aliphatic rings. The highest BCUT2D eigenvalue weighted by Gasteiger charge is 2.25. The largest absolute Gasteiger partial charge is 0.383 e. The lowest BCUT2D eigenvalue weighted by Crippen LogP contribution is -2.37. The van der Waals surface area contributed by atoms with Gasteiger partial charge in [0.05, 0.1) is 11.1 Å². The molecule has 0 radical (unpaired) electrons. The molecule has 140 valence electrons. The summed E-state index contributed by atoms with van der Waals surface area (Å²) in [4.78, 5) is 11.4. The normalized spacial score (nSPS) is 17.9. The number of anilines is 1. The van der Waals surface area contributed by atoms with E-state index in [4.69, 9.17) is 10.7 Å². The summed E-state index contributed by atoms with van der Waals surface area (Å²) >= 11 is 0. The molecule has 1 aromatic carbocycles. The van der Waals surface area contributed by atoms with Crippen LogP contribution < -0.4 is 10.6 Å². The minimum Gasteiger partial charge on any atom is -0.383 e. The van der Waals surface area contributed by atoms with Crippen LogP contribution in [-0.2, 0) is 0 Å². The van der Waals surface area contributed by atoms with Gasteiger partial charge in [-0.15, -0.1) is 0 Å². The zero-order valence-corrected chi connectivity index (χ0v) is 16.2. The average molecular weight is 354 g/mol.